The Morgan fingerprint density at radius 1 is 1.21 bits per heavy atom. The van der Waals surface area contributed by atoms with Crippen LogP contribution in [-0.4, -0.2) is 70.5 Å². The number of hydrogen-bond acceptors (Lipinski definition) is 6. The minimum Gasteiger partial charge on any atom is -0.495 e. The quantitative estimate of drug-likeness (QED) is 0.691. The molecule has 1 spiro atoms. The molecule has 0 saturated carbocycles. The number of cyclic esters (lactones) is 1. The fourth-order valence-corrected chi connectivity index (χ4v) is 5.84. The minimum atomic E-state index is -3.69. The molecule has 0 aliphatic carbocycles. The molecule has 2 aliphatic rings. The molecule has 8 heteroatoms. The average molecular weight is 411 g/mol. The number of piperidine rings is 1. The summed E-state index contributed by atoms with van der Waals surface area (Å²) >= 11 is 0. The van der Waals surface area contributed by atoms with Gasteiger partial charge in [-0.05, 0) is 64.0 Å². The summed E-state index contributed by atoms with van der Waals surface area (Å²) in [6, 6.07) is 3.43. The van der Waals surface area contributed by atoms with Crippen LogP contribution in [0.5, 0.6) is 5.75 Å². The maximum absolute atomic E-state index is 13.2. The van der Waals surface area contributed by atoms with Crippen LogP contribution < -0.4 is 4.74 Å². The average Bonchev–Trinajstić information content (AvgIpc) is 2.91. The molecule has 0 aromatic heterocycles. The maximum Gasteiger partial charge on any atom is 0.312 e. The number of rotatable bonds is 5. The molecule has 2 saturated heterocycles. The zero-order chi connectivity index (χ0) is 20.7. The topological polar surface area (TPSA) is 76.2 Å². The number of aryl methyl sites for hydroxylation is 2. The molecule has 3 rings (SSSR count). The lowest BCUT2D eigenvalue weighted by Crippen LogP contribution is -2.45. The zero-order valence-corrected chi connectivity index (χ0v) is 18.1. The van der Waals surface area contributed by atoms with Crippen molar-refractivity contribution in [3.8, 4) is 5.75 Å². The first-order valence-corrected chi connectivity index (χ1v) is 11.0. The number of likely N-dealkylation sites (N-methyl/N-ethyl adjacent to an activating group) is 1. The Kier molecular flexibility index (Phi) is 5.76. The van der Waals surface area contributed by atoms with Crippen LogP contribution in [0.1, 0.15) is 30.4 Å². The van der Waals surface area contributed by atoms with Gasteiger partial charge in [-0.15, -0.1) is 0 Å². The first kappa shape index (κ1) is 21.1. The summed E-state index contributed by atoms with van der Waals surface area (Å²) in [5.74, 6) is 0.176. The minimum absolute atomic E-state index is 0.120. The summed E-state index contributed by atoms with van der Waals surface area (Å²) in [6.07, 6.45) is 1.51. The second-order valence-electron chi connectivity index (χ2n) is 8.27. The molecular formula is C20H30N2O5S. The van der Waals surface area contributed by atoms with Crippen LogP contribution in [0.15, 0.2) is 17.0 Å². The summed E-state index contributed by atoms with van der Waals surface area (Å²) in [6.45, 7) is 5.12. The van der Waals surface area contributed by atoms with Crippen molar-refractivity contribution in [1.82, 2.24) is 9.21 Å². The number of nitrogens with zero attached hydrogens (tertiary/aromatic N) is 2. The molecule has 7 nitrogen and oxygen atoms in total. The van der Waals surface area contributed by atoms with Crippen LogP contribution in [0, 0.1) is 19.3 Å². The van der Waals surface area contributed by atoms with Gasteiger partial charge in [0.05, 0.1) is 12.5 Å². The van der Waals surface area contributed by atoms with E-state index in [1.165, 1.54) is 11.4 Å². The molecule has 2 aliphatic heterocycles. The smallest absolute Gasteiger partial charge is 0.312 e. The van der Waals surface area contributed by atoms with Crippen molar-refractivity contribution in [1.29, 1.82) is 0 Å². The third-order valence-electron chi connectivity index (χ3n) is 5.97. The van der Waals surface area contributed by atoms with E-state index in [-0.39, 0.29) is 17.0 Å². The highest BCUT2D eigenvalue weighted by Crippen LogP contribution is 2.44. The molecule has 2 heterocycles. The van der Waals surface area contributed by atoms with Gasteiger partial charge in [-0.25, -0.2) is 8.42 Å². The van der Waals surface area contributed by atoms with Crippen LogP contribution in [0.25, 0.3) is 0 Å². The molecule has 1 aromatic rings. The Labute approximate surface area is 167 Å². The summed E-state index contributed by atoms with van der Waals surface area (Å²) in [7, 11) is 1.69. The number of sulfonamides is 1. The van der Waals surface area contributed by atoms with Crippen LogP contribution in [0.3, 0.4) is 0 Å². The van der Waals surface area contributed by atoms with E-state index in [4.69, 9.17) is 9.47 Å². The van der Waals surface area contributed by atoms with Crippen molar-refractivity contribution in [2.24, 2.45) is 5.41 Å². The van der Waals surface area contributed by atoms with E-state index in [2.05, 4.69) is 0 Å². The van der Waals surface area contributed by atoms with Crippen molar-refractivity contribution in [2.75, 3.05) is 40.8 Å². The van der Waals surface area contributed by atoms with Gasteiger partial charge in [0.25, 0.3) is 0 Å². The Morgan fingerprint density at radius 3 is 2.39 bits per heavy atom. The SMILES string of the molecule is COc1cc(C)c(C)cc1S(=O)(=O)N1CCC2(CC1)CC(CN(C)C)OC2=O. The highest BCUT2D eigenvalue weighted by Gasteiger charge is 2.51. The van der Waals surface area contributed by atoms with E-state index in [9.17, 15) is 13.2 Å². The number of methoxy groups -OCH3 is 1. The van der Waals surface area contributed by atoms with Gasteiger partial charge in [-0.1, -0.05) is 0 Å². The molecule has 0 radical (unpaired) electrons. The van der Waals surface area contributed by atoms with Crippen molar-refractivity contribution in [3.05, 3.63) is 23.3 Å². The van der Waals surface area contributed by atoms with Gasteiger partial charge in [0.2, 0.25) is 10.0 Å². The predicted molar refractivity (Wildman–Crippen MR) is 106 cm³/mol. The Hall–Kier alpha value is -1.64. The number of ether oxygens (including phenoxy) is 2. The van der Waals surface area contributed by atoms with E-state index in [1.54, 1.807) is 12.1 Å². The monoisotopic (exact) mass is 410 g/mol. The van der Waals surface area contributed by atoms with E-state index >= 15 is 0 Å². The molecule has 0 amide bonds. The normalized spacial score (nSPS) is 22.6. The van der Waals surface area contributed by atoms with Crippen molar-refractivity contribution >= 4 is 16.0 Å². The number of benzene rings is 1. The highest BCUT2D eigenvalue weighted by molar-refractivity contribution is 7.89. The fourth-order valence-electron chi connectivity index (χ4n) is 4.17. The van der Waals surface area contributed by atoms with E-state index in [0.717, 1.165) is 11.1 Å². The second kappa shape index (κ2) is 7.65. The van der Waals surface area contributed by atoms with E-state index < -0.39 is 15.4 Å². The first-order chi connectivity index (χ1) is 13.1. The third kappa shape index (κ3) is 3.77. The molecule has 2 fully saturated rings. The van der Waals surface area contributed by atoms with Gasteiger partial charge in [0, 0.05) is 26.1 Å². The van der Waals surface area contributed by atoms with Crippen molar-refractivity contribution in [3.63, 3.8) is 0 Å². The standard InChI is InChI=1S/C20H30N2O5S/c1-14-10-17(26-5)18(11-15(14)2)28(24,25)22-8-6-20(7-9-22)12-16(13-21(3)4)27-19(20)23/h10-11,16H,6-9,12-13H2,1-5H3. The predicted octanol–water partition coefficient (Wildman–Crippen LogP) is 1.96. The fraction of sp³-hybridized carbons (Fsp3) is 0.650. The third-order valence-corrected chi connectivity index (χ3v) is 7.89. The zero-order valence-electron chi connectivity index (χ0n) is 17.3. The van der Waals surface area contributed by atoms with Crippen LogP contribution in [-0.2, 0) is 19.6 Å². The number of hydrogen-bond donors (Lipinski definition) is 0. The lowest BCUT2D eigenvalue weighted by Gasteiger charge is -2.36. The van der Waals surface area contributed by atoms with E-state index in [0.29, 0.717) is 44.6 Å². The molecule has 1 atom stereocenters. The van der Waals surface area contributed by atoms with Gasteiger partial charge >= 0.3 is 5.97 Å². The molecule has 1 unspecified atom stereocenters. The maximum atomic E-state index is 13.2. The van der Waals surface area contributed by atoms with Crippen LogP contribution in [0.2, 0.25) is 0 Å². The van der Waals surface area contributed by atoms with Gasteiger partial charge in [0.15, 0.2) is 0 Å². The molecule has 1 aromatic carbocycles. The molecular weight excluding hydrogens is 380 g/mol. The summed E-state index contributed by atoms with van der Waals surface area (Å²) in [5.41, 5.74) is 1.33. The Balaban J connectivity index is 1.78. The lowest BCUT2D eigenvalue weighted by molar-refractivity contribution is -0.150. The first-order valence-electron chi connectivity index (χ1n) is 9.60. The van der Waals surface area contributed by atoms with Crippen molar-refractivity contribution in [2.45, 2.75) is 44.1 Å². The molecule has 28 heavy (non-hydrogen) atoms. The molecule has 0 bridgehead atoms. The van der Waals surface area contributed by atoms with Gasteiger partial charge in [-0.2, -0.15) is 4.31 Å². The highest BCUT2D eigenvalue weighted by atomic mass is 32.2. The Morgan fingerprint density at radius 2 is 1.82 bits per heavy atom. The second-order valence-corrected chi connectivity index (χ2v) is 10.2. The summed E-state index contributed by atoms with van der Waals surface area (Å²) in [5, 5.41) is 0. The van der Waals surface area contributed by atoms with Gasteiger partial charge in [-0.3, -0.25) is 4.79 Å². The largest absolute Gasteiger partial charge is 0.495 e. The number of esters is 1. The Bertz CT molecular complexity index is 858. The lowest BCUT2D eigenvalue weighted by atomic mass is 9.76. The summed E-state index contributed by atoms with van der Waals surface area (Å²) < 4.78 is 38.9. The van der Waals surface area contributed by atoms with Crippen LogP contribution in [0.4, 0.5) is 0 Å². The number of carbonyl (C=O) groups is 1. The van der Waals surface area contributed by atoms with Gasteiger partial charge < -0.3 is 14.4 Å². The number of carbonyl (C=O) groups excluding carboxylic acids is 1. The summed E-state index contributed by atoms with van der Waals surface area (Å²) in [4.78, 5) is 14.7. The van der Waals surface area contributed by atoms with Crippen molar-refractivity contribution < 1.29 is 22.7 Å². The van der Waals surface area contributed by atoms with Gasteiger partial charge in [0.1, 0.15) is 16.7 Å². The van der Waals surface area contributed by atoms with Crippen LogP contribution >= 0.6 is 0 Å². The molecule has 156 valence electrons. The molecule has 0 N–H and O–H groups in total. The van der Waals surface area contributed by atoms with E-state index in [1.807, 2.05) is 32.8 Å².